The van der Waals surface area contributed by atoms with Gasteiger partial charge in [0.2, 0.25) is 11.8 Å². The van der Waals surface area contributed by atoms with Gasteiger partial charge < -0.3 is 15.0 Å². The molecule has 1 aliphatic heterocycles. The Labute approximate surface area is 233 Å². The fraction of sp³-hybridized carbons (Fsp3) is 0.219. The molecule has 4 aromatic rings. The molecule has 3 amide bonds. The fourth-order valence-corrected chi connectivity index (χ4v) is 4.70. The van der Waals surface area contributed by atoms with Crippen molar-refractivity contribution in [3.63, 3.8) is 0 Å². The van der Waals surface area contributed by atoms with Crippen molar-refractivity contribution in [2.45, 2.75) is 34.1 Å². The number of hydrogen-bond acceptors (Lipinski definition) is 4. The van der Waals surface area contributed by atoms with Crippen LogP contribution in [0.1, 0.15) is 39.3 Å². The van der Waals surface area contributed by atoms with Crippen molar-refractivity contribution < 1.29 is 19.1 Å². The molecular weight excluding hydrogens is 504 g/mol. The summed E-state index contributed by atoms with van der Waals surface area (Å²) in [5.41, 5.74) is 8.83. The zero-order valence-corrected chi connectivity index (χ0v) is 23.0. The monoisotopic (exact) mass is 536 g/mol. The lowest BCUT2D eigenvalue weighted by Gasteiger charge is -2.17. The minimum atomic E-state index is -0.485. The topological polar surface area (TPSA) is 92.7 Å². The number of hydrogen-bond donors (Lipinski definition) is 2. The first-order valence-electron chi connectivity index (χ1n) is 13.2. The normalized spacial score (nSPS) is 14.8. The van der Waals surface area contributed by atoms with Crippen molar-refractivity contribution in [1.82, 2.24) is 4.68 Å². The maximum atomic E-state index is 13.0. The van der Waals surface area contributed by atoms with Crippen LogP contribution in [0.25, 0.3) is 0 Å². The number of carbonyl (C=O) groups is 3. The van der Waals surface area contributed by atoms with Gasteiger partial charge in [0.1, 0.15) is 11.5 Å². The van der Waals surface area contributed by atoms with Crippen molar-refractivity contribution in [2.75, 3.05) is 22.2 Å². The summed E-state index contributed by atoms with van der Waals surface area (Å²) in [6.07, 6.45) is 0.128. The van der Waals surface area contributed by atoms with E-state index in [0.29, 0.717) is 17.0 Å². The maximum Gasteiger partial charge on any atom is 0.270 e. The van der Waals surface area contributed by atoms with E-state index in [4.69, 9.17) is 4.74 Å². The maximum absolute atomic E-state index is 13.0. The van der Waals surface area contributed by atoms with E-state index in [1.54, 1.807) is 33.8 Å². The van der Waals surface area contributed by atoms with Gasteiger partial charge in [-0.2, -0.15) is 0 Å². The Balaban J connectivity index is 1.17. The Hall–Kier alpha value is -4.85. The molecule has 5 rings (SSSR count). The van der Waals surface area contributed by atoms with Crippen LogP contribution in [-0.4, -0.2) is 28.9 Å². The molecule has 2 N–H and O–H groups in total. The summed E-state index contributed by atoms with van der Waals surface area (Å²) in [6, 6.07) is 23.8. The third-order valence-corrected chi connectivity index (χ3v) is 7.26. The Kier molecular flexibility index (Phi) is 7.42. The number of aryl methyl sites for hydroxylation is 4. The second kappa shape index (κ2) is 11.1. The predicted molar refractivity (Wildman–Crippen MR) is 156 cm³/mol. The molecule has 0 bridgehead atoms. The van der Waals surface area contributed by atoms with E-state index in [0.717, 1.165) is 28.4 Å². The molecule has 0 unspecified atom stereocenters. The third-order valence-electron chi connectivity index (χ3n) is 7.26. The highest BCUT2D eigenvalue weighted by atomic mass is 16.5. The van der Waals surface area contributed by atoms with Crippen LogP contribution in [0.3, 0.4) is 0 Å². The van der Waals surface area contributed by atoms with Gasteiger partial charge in [0.25, 0.3) is 5.91 Å². The number of ether oxygens (including phenoxy) is 1. The molecule has 40 heavy (non-hydrogen) atoms. The zero-order chi connectivity index (χ0) is 28.4. The first-order chi connectivity index (χ1) is 19.2. The van der Waals surface area contributed by atoms with Gasteiger partial charge in [-0.1, -0.05) is 6.07 Å². The number of amides is 3. The Bertz CT molecular complexity index is 1550. The molecule has 0 saturated carbocycles. The number of carbonyl (C=O) groups excluding carboxylic acids is 3. The number of nitrogens with zero attached hydrogens (tertiary/aromatic N) is 2. The van der Waals surface area contributed by atoms with E-state index < -0.39 is 5.92 Å². The number of rotatable bonds is 7. The highest BCUT2D eigenvalue weighted by Gasteiger charge is 2.35. The van der Waals surface area contributed by atoms with Crippen molar-refractivity contribution in [2.24, 2.45) is 5.92 Å². The first kappa shape index (κ1) is 26.7. The van der Waals surface area contributed by atoms with E-state index in [-0.39, 0.29) is 30.7 Å². The molecule has 0 radical (unpaired) electrons. The van der Waals surface area contributed by atoms with Gasteiger partial charge in [-0.25, -0.2) is 0 Å². The first-order valence-corrected chi connectivity index (χ1v) is 13.2. The van der Waals surface area contributed by atoms with E-state index in [1.807, 2.05) is 75.4 Å². The largest absolute Gasteiger partial charge is 0.457 e. The van der Waals surface area contributed by atoms with Crippen LogP contribution in [-0.2, 0) is 9.59 Å². The Morgan fingerprint density at radius 3 is 2.10 bits per heavy atom. The van der Waals surface area contributed by atoms with Crippen LogP contribution >= 0.6 is 0 Å². The Morgan fingerprint density at radius 2 is 1.45 bits per heavy atom. The van der Waals surface area contributed by atoms with Crippen LogP contribution in [0.15, 0.2) is 78.9 Å². The van der Waals surface area contributed by atoms with Gasteiger partial charge in [-0.15, -0.1) is 0 Å². The molecule has 1 saturated heterocycles. The number of nitrogens with one attached hydrogen (secondary N) is 2. The third kappa shape index (κ3) is 5.76. The van der Waals surface area contributed by atoms with Gasteiger partial charge in [-0.3, -0.25) is 24.5 Å². The molecule has 1 aliphatic rings. The molecule has 0 aliphatic carbocycles. The molecule has 0 spiro atoms. The van der Waals surface area contributed by atoms with Crippen LogP contribution in [0, 0.1) is 33.6 Å². The zero-order valence-electron chi connectivity index (χ0n) is 23.0. The number of anilines is 2. The standard InChI is InChI=1S/C32H32N4O4/c1-20-5-14-29(17-21(20)2)40-28-15-12-27(13-16-28)35-19-25(18-30(35)37)31(38)33-26-10-8-24(9-11-26)32(39)34-36-22(3)6-7-23(36)4/h5-17,25H,18-19H2,1-4H3,(H,33,38)(H,34,39)/t25-/m0/s1. The minimum absolute atomic E-state index is 0.106. The summed E-state index contributed by atoms with van der Waals surface area (Å²) in [4.78, 5) is 40.0. The second-order valence-corrected chi connectivity index (χ2v) is 10.2. The molecular formula is C32H32N4O4. The van der Waals surface area contributed by atoms with Gasteiger partial charge >= 0.3 is 0 Å². The quantitative estimate of drug-likeness (QED) is 0.308. The summed E-state index contributed by atoms with van der Waals surface area (Å²) >= 11 is 0. The second-order valence-electron chi connectivity index (χ2n) is 10.2. The Morgan fingerprint density at radius 1 is 0.800 bits per heavy atom. The summed E-state index contributed by atoms with van der Waals surface area (Å²) in [5, 5.41) is 2.88. The predicted octanol–water partition coefficient (Wildman–Crippen LogP) is 5.89. The van der Waals surface area contributed by atoms with E-state index in [9.17, 15) is 14.4 Å². The van der Waals surface area contributed by atoms with Gasteiger partial charge in [0, 0.05) is 41.3 Å². The lowest BCUT2D eigenvalue weighted by atomic mass is 10.1. The highest BCUT2D eigenvalue weighted by molar-refractivity contribution is 6.04. The van der Waals surface area contributed by atoms with Gasteiger partial charge in [0.05, 0.1) is 5.92 Å². The van der Waals surface area contributed by atoms with Crippen LogP contribution in [0.2, 0.25) is 0 Å². The molecule has 1 atom stereocenters. The average molecular weight is 537 g/mol. The van der Waals surface area contributed by atoms with Crippen molar-refractivity contribution in [3.8, 4) is 11.5 Å². The summed E-state index contributed by atoms with van der Waals surface area (Å²) < 4.78 is 7.68. The highest BCUT2D eigenvalue weighted by Crippen LogP contribution is 2.30. The van der Waals surface area contributed by atoms with E-state index in [2.05, 4.69) is 17.7 Å². The summed E-state index contributed by atoms with van der Waals surface area (Å²) in [5.74, 6) is 0.351. The van der Waals surface area contributed by atoms with E-state index >= 15 is 0 Å². The number of benzene rings is 3. The van der Waals surface area contributed by atoms with Crippen molar-refractivity contribution in [3.05, 3.63) is 107 Å². The van der Waals surface area contributed by atoms with Crippen molar-refractivity contribution in [1.29, 1.82) is 0 Å². The van der Waals surface area contributed by atoms with Gasteiger partial charge in [0.15, 0.2) is 0 Å². The lowest BCUT2D eigenvalue weighted by Crippen LogP contribution is -2.28. The smallest absolute Gasteiger partial charge is 0.270 e. The molecule has 3 aromatic carbocycles. The molecule has 1 aromatic heterocycles. The summed E-state index contributed by atoms with van der Waals surface area (Å²) in [7, 11) is 0. The molecule has 204 valence electrons. The van der Waals surface area contributed by atoms with Crippen molar-refractivity contribution >= 4 is 29.1 Å². The lowest BCUT2D eigenvalue weighted by molar-refractivity contribution is -0.122. The molecule has 2 heterocycles. The number of aromatic nitrogens is 1. The molecule has 8 nitrogen and oxygen atoms in total. The van der Waals surface area contributed by atoms with Crippen LogP contribution in [0.4, 0.5) is 11.4 Å². The SMILES string of the molecule is Cc1ccc(Oc2ccc(N3C[C@@H](C(=O)Nc4ccc(C(=O)Nn5c(C)ccc5C)cc4)CC3=O)cc2)cc1C. The van der Waals surface area contributed by atoms with Gasteiger partial charge in [-0.05, 0) is 112 Å². The summed E-state index contributed by atoms with van der Waals surface area (Å²) in [6.45, 7) is 8.21. The minimum Gasteiger partial charge on any atom is -0.457 e. The van der Waals surface area contributed by atoms with E-state index in [1.165, 1.54) is 5.56 Å². The fourth-order valence-electron chi connectivity index (χ4n) is 4.70. The molecule has 8 heteroatoms. The average Bonchev–Trinajstić information content (AvgIpc) is 3.48. The van der Waals surface area contributed by atoms with Crippen LogP contribution < -0.4 is 20.4 Å². The van der Waals surface area contributed by atoms with Crippen LogP contribution in [0.5, 0.6) is 11.5 Å². The molecule has 1 fully saturated rings.